The number of benzene rings is 1. The Morgan fingerprint density at radius 2 is 2.00 bits per heavy atom. The Kier molecular flexibility index (Phi) is 3.30. The van der Waals surface area contributed by atoms with E-state index in [0.29, 0.717) is 11.2 Å². The highest BCUT2D eigenvalue weighted by atomic mass is 16.2. The van der Waals surface area contributed by atoms with E-state index in [4.69, 9.17) is 0 Å². The molecule has 24 heavy (non-hydrogen) atoms. The number of aryl methyl sites for hydroxylation is 3. The topological polar surface area (TPSA) is 75.9 Å². The Bertz CT molecular complexity index is 1040. The number of para-hydroxylation sites is 1. The van der Waals surface area contributed by atoms with Crippen LogP contribution >= 0.6 is 0 Å². The van der Waals surface area contributed by atoms with Gasteiger partial charge in [-0.15, -0.1) is 0 Å². The molecule has 1 aromatic carbocycles. The highest BCUT2D eigenvalue weighted by Crippen LogP contribution is 2.33. The number of hydrogen-bond acceptors (Lipinski definition) is 4. The third kappa shape index (κ3) is 2.01. The molecule has 3 aromatic rings. The van der Waals surface area contributed by atoms with E-state index in [0.717, 1.165) is 37.6 Å². The summed E-state index contributed by atoms with van der Waals surface area (Å²) in [5, 5.41) is 0. The molecule has 0 unspecified atom stereocenters. The number of hydrogen-bond donors (Lipinski definition) is 1. The van der Waals surface area contributed by atoms with Crippen molar-refractivity contribution in [3.8, 4) is 0 Å². The number of nitrogens with one attached hydrogen (secondary N) is 1. The number of rotatable bonds is 2. The second kappa shape index (κ2) is 5.36. The summed E-state index contributed by atoms with van der Waals surface area (Å²) in [5.41, 5.74) is 2.42. The highest BCUT2D eigenvalue weighted by Gasteiger charge is 2.26. The average Bonchev–Trinajstić information content (AvgIpc) is 3.00. The van der Waals surface area contributed by atoms with E-state index < -0.39 is 5.69 Å². The number of fused-ring (bicyclic) bond motifs is 3. The van der Waals surface area contributed by atoms with Gasteiger partial charge in [-0.05, 0) is 24.5 Å². The van der Waals surface area contributed by atoms with Crippen molar-refractivity contribution < 1.29 is 0 Å². The maximum absolute atomic E-state index is 12.3. The van der Waals surface area contributed by atoms with Crippen LogP contribution in [0.2, 0.25) is 0 Å². The van der Waals surface area contributed by atoms with Gasteiger partial charge >= 0.3 is 5.69 Å². The molecule has 7 nitrogen and oxygen atoms in total. The Labute approximate surface area is 138 Å². The van der Waals surface area contributed by atoms with Crippen molar-refractivity contribution in [3.63, 3.8) is 0 Å². The van der Waals surface area contributed by atoms with Crippen LogP contribution in [0.4, 0.5) is 11.6 Å². The second-order valence-electron chi connectivity index (χ2n) is 6.04. The van der Waals surface area contributed by atoms with Gasteiger partial charge < -0.3 is 9.47 Å². The van der Waals surface area contributed by atoms with E-state index in [1.165, 1.54) is 10.1 Å². The highest BCUT2D eigenvalue weighted by molar-refractivity contribution is 5.77. The summed E-state index contributed by atoms with van der Waals surface area (Å²) in [5.74, 6) is 0.726. The number of anilines is 2. The smallest absolute Gasteiger partial charge is 0.312 e. The van der Waals surface area contributed by atoms with Gasteiger partial charge in [0.15, 0.2) is 11.2 Å². The molecule has 0 bridgehead atoms. The van der Waals surface area contributed by atoms with Crippen LogP contribution in [0.3, 0.4) is 0 Å². The average molecular weight is 325 g/mol. The molecule has 0 saturated carbocycles. The van der Waals surface area contributed by atoms with Gasteiger partial charge in [0.2, 0.25) is 5.95 Å². The zero-order chi connectivity index (χ0) is 16.8. The van der Waals surface area contributed by atoms with Crippen LogP contribution < -0.4 is 16.1 Å². The third-order valence-electron chi connectivity index (χ3n) is 4.66. The van der Waals surface area contributed by atoms with Crippen molar-refractivity contribution in [2.24, 2.45) is 7.05 Å². The van der Waals surface area contributed by atoms with Crippen molar-refractivity contribution >= 4 is 22.8 Å². The predicted octanol–water partition coefficient (Wildman–Crippen LogP) is 1.53. The molecule has 1 N–H and O–H groups in total. The van der Waals surface area contributed by atoms with Crippen LogP contribution in [0.25, 0.3) is 11.2 Å². The fourth-order valence-corrected chi connectivity index (χ4v) is 3.43. The number of aromatic nitrogens is 4. The summed E-state index contributed by atoms with van der Waals surface area (Å²) < 4.78 is 3.31. The lowest BCUT2D eigenvalue weighted by molar-refractivity contribution is 0.601. The monoisotopic (exact) mass is 325 g/mol. The van der Waals surface area contributed by atoms with Crippen molar-refractivity contribution in [1.82, 2.24) is 19.1 Å². The first-order valence-corrected chi connectivity index (χ1v) is 8.16. The van der Waals surface area contributed by atoms with Gasteiger partial charge in [0.05, 0.1) is 0 Å². The molecule has 0 atom stereocenters. The third-order valence-corrected chi connectivity index (χ3v) is 4.66. The Hall–Kier alpha value is -2.83. The molecular weight excluding hydrogens is 306 g/mol. The molecule has 0 aliphatic carbocycles. The maximum Gasteiger partial charge on any atom is 0.329 e. The predicted molar refractivity (Wildman–Crippen MR) is 93.0 cm³/mol. The molecule has 3 heterocycles. The molecule has 7 heteroatoms. The van der Waals surface area contributed by atoms with E-state index in [9.17, 15) is 9.59 Å². The van der Waals surface area contributed by atoms with Crippen LogP contribution in [-0.2, 0) is 20.0 Å². The largest absolute Gasteiger partial charge is 0.329 e. The molecule has 0 radical (unpaired) electrons. The van der Waals surface area contributed by atoms with Gasteiger partial charge in [-0.25, -0.2) is 4.79 Å². The molecule has 2 aromatic heterocycles. The van der Waals surface area contributed by atoms with Crippen LogP contribution in [0.1, 0.15) is 18.9 Å². The summed E-state index contributed by atoms with van der Waals surface area (Å²) in [7, 11) is 1.63. The number of nitrogens with zero attached hydrogens (tertiary/aromatic N) is 4. The van der Waals surface area contributed by atoms with Gasteiger partial charge in [0, 0.05) is 25.8 Å². The zero-order valence-electron chi connectivity index (χ0n) is 13.7. The van der Waals surface area contributed by atoms with E-state index >= 15 is 0 Å². The molecule has 0 saturated heterocycles. The van der Waals surface area contributed by atoms with Gasteiger partial charge in [-0.1, -0.05) is 25.1 Å². The van der Waals surface area contributed by atoms with Crippen molar-refractivity contribution in [1.29, 1.82) is 0 Å². The Morgan fingerprint density at radius 3 is 2.79 bits per heavy atom. The molecule has 124 valence electrons. The first-order chi connectivity index (χ1) is 11.6. The van der Waals surface area contributed by atoms with Crippen LogP contribution in [0.5, 0.6) is 0 Å². The number of aromatic amines is 1. The molecule has 0 amide bonds. The summed E-state index contributed by atoms with van der Waals surface area (Å²) in [6.07, 6.45) is 1.84. The van der Waals surface area contributed by atoms with Gasteiger partial charge in [-0.3, -0.25) is 14.3 Å². The molecule has 1 aliphatic heterocycles. The minimum absolute atomic E-state index is 0.377. The molecular formula is C17H19N5O2. The maximum atomic E-state index is 12.3. The van der Waals surface area contributed by atoms with E-state index in [-0.39, 0.29) is 5.56 Å². The number of H-pyrrole nitrogens is 1. The lowest BCUT2D eigenvalue weighted by Gasteiger charge is -2.30. The molecule has 1 aliphatic rings. The quantitative estimate of drug-likeness (QED) is 0.775. The Balaban J connectivity index is 2.01. The van der Waals surface area contributed by atoms with E-state index in [1.54, 1.807) is 7.05 Å². The van der Waals surface area contributed by atoms with Crippen molar-refractivity contribution in [2.45, 2.75) is 26.3 Å². The molecule has 0 spiro atoms. The van der Waals surface area contributed by atoms with Gasteiger partial charge in [0.1, 0.15) is 0 Å². The van der Waals surface area contributed by atoms with Crippen LogP contribution in [0, 0.1) is 0 Å². The van der Waals surface area contributed by atoms with Crippen molar-refractivity contribution in [3.05, 3.63) is 50.7 Å². The minimum Gasteiger partial charge on any atom is -0.312 e. The summed E-state index contributed by atoms with van der Waals surface area (Å²) in [6.45, 7) is 3.68. The van der Waals surface area contributed by atoms with Gasteiger partial charge in [-0.2, -0.15) is 4.98 Å². The minimum atomic E-state index is -0.441. The zero-order valence-corrected chi connectivity index (χ0v) is 13.7. The first-order valence-electron chi connectivity index (χ1n) is 8.16. The van der Waals surface area contributed by atoms with E-state index in [2.05, 4.69) is 33.9 Å². The van der Waals surface area contributed by atoms with E-state index in [1.807, 2.05) is 16.7 Å². The second-order valence-corrected chi connectivity index (χ2v) is 6.04. The molecule has 0 fully saturated rings. The standard InChI is InChI=1S/C17H19N5O2/c1-3-11-7-4-5-8-12(11)21-9-6-10-22-13-14(18-16(21)22)20(2)17(24)19-15(13)23/h4-5,7-8H,3,6,9-10H2,1-2H3,(H,19,23,24). The molecule has 4 rings (SSSR count). The van der Waals surface area contributed by atoms with Crippen LogP contribution in [-0.4, -0.2) is 25.6 Å². The summed E-state index contributed by atoms with van der Waals surface area (Å²) in [6, 6.07) is 8.24. The van der Waals surface area contributed by atoms with Crippen LogP contribution in [0.15, 0.2) is 33.9 Å². The SMILES string of the molecule is CCc1ccccc1N1CCCn2c1nc1c2c(=O)[nH]c(=O)n1C. The summed E-state index contributed by atoms with van der Waals surface area (Å²) >= 11 is 0. The van der Waals surface area contributed by atoms with Crippen molar-refractivity contribution in [2.75, 3.05) is 11.4 Å². The van der Waals surface area contributed by atoms with Gasteiger partial charge in [0.25, 0.3) is 5.56 Å². The lowest BCUT2D eigenvalue weighted by atomic mass is 10.1. The Morgan fingerprint density at radius 1 is 1.21 bits per heavy atom. The fraction of sp³-hybridized carbons (Fsp3) is 0.353. The summed E-state index contributed by atoms with van der Waals surface area (Å²) in [4.78, 5) is 33.3. The fourth-order valence-electron chi connectivity index (χ4n) is 3.43. The normalized spacial score (nSPS) is 14.2. The lowest BCUT2D eigenvalue weighted by Crippen LogP contribution is -2.31. The first kappa shape index (κ1) is 14.7. The number of imidazole rings is 1.